The van der Waals surface area contributed by atoms with Gasteiger partial charge in [0.25, 0.3) is 16.6 Å². The summed E-state index contributed by atoms with van der Waals surface area (Å²) in [5.41, 5.74) is -0.261. The van der Waals surface area contributed by atoms with Crippen molar-refractivity contribution in [3.63, 3.8) is 0 Å². The largest absolute Gasteiger partial charge is 0.451 e. The van der Waals surface area contributed by atoms with Crippen LogP contribution in [0.1, 0.15) is 145 Å². The van der Waals surface area contributed by atoms with Crippen molar-refractivity contribution in [3.8, 4) is 0 Å². The summed E-state index contributed by atoms with van der Waals surface area (Å²) in [4.78, 5) is 14.1. The average Bonchev–Trinajstić information content (AvgIpc) is 3.58. The number of cyclic esters (lactones) is 1. The zero-order valence-electron chi connectivity index (χ0n) is 39.4. The van der Waals surface area contributed by atoms with E-state index in [2.05, 4.69) is 188 Å². The van der Waals surface area contributed by atoms with Crippen LogP contribution in [0.3, 0.4) is 0 Å². The average molecular weight is 871 g/mol. The predicted molar refractivity (Wildman–Crippen MR) is 268 cm³/mol. The summed E-state index contributed by atoms with van der Waals surface area (Å²) in [5.74, 6) is -0.241. The molecule has 1 fully saturated rings. The van der Waals surface area contributed by atoms with Crippen LogP contribution in [0.2, 0.25) is 10.1 Å². The molecule has 6 heteroatoms. The van der Waals surface area contributed by atoms with Gasteiger partial charge in [0.2, 0.25) is 0 Å². The lowest BCUT2D eigenvalue weighted by Gasteiger charge is -2.46. The number of carbonyl (C=O) groups is 1. The number of ether oxygens (including phenoxy) is 1. The quantitative estimate of drug-likeness (QED) is 0.0219. The fraction of sp³-hybridized carbons (Fsp3) is 0.482. The Morgan fingerprint density at radius 2 is 0.855 bits per heavy atom. The molecule has 4 aromatic carbocycles. The number of allylic oxidation sites excluding steroid dienone is 3. The molecule has 0 atom stereocenters. The van der Waals surface area contributed by atoms with Crippen molar-refractivity contribution in [2.75, 3.05) is 13.2 Å². The molecule has 0 aromatic heterocycles. The van der Waals surface area contributed by atoms with E-state index in [1.165, 1.54) is 97.8 Å². The summed E-state index contributed by atoms with van der Waals surface area (Å²) < 4.78 is 21.9. The summed E-state index contributed by atoms with van der Waals surface area (Å²) in [7, 11) is -5.94. The number of esters is 1. The second kappa shape index (κ2) is 23.7. The SMILES string of the molecule is CCCCCCCC/C=C\CCCCCCC/C=C1\CC(CO[Si](c2ccccc2)(c2ccccc2)C(C)(C)C)(CO[Si](c2ccccc2)(c2ccccc2)C(C)(C)C)OC1=O. The lowest BCUT2D eigenvalue weighted by molar-refractivity contribution is -0.152. The summed E-state index contributed by atoms with van der Waals surface area (Å²) >= 11 is 0. The molecular formula is C56H78O4Si2. The Hall–Kier alpha value is -3.82. The van der Waals surface area contributed by atoms with Gasteiger partial charge in [0.15, 0.2) is 5.60 Å². The molecule has 0 radical (unpaired) electrons. The lowest BCUT2D eigenvalue weighted by Crippen LogP contribution is -2.69. The molecule has 1 saturated heterocycles. The highest BCUT2D eigenvalue weighted by atomic mass is 28.4. The third-order valence-corrected chi connectivity index (χ3v) is 22.8. The molecule has 0 N–H and O–H groups in total. The number of rotatable bonds is 25. The monoisotopic (exact) mass is 871 g/mol. The summed E-state index contributed by atoms with van der Waals surface area (Å²) in [6.07, 6.45) is 24.8. The van der Waals surface area contributed by atoms with Crippen molar-refractivity contribution in [3.05, 3.63) is 145 Å². The second-order valence-electron chi connectivity index (χ2n) is 19.8. The van der Waals surface area contributed by atoms with Gasteiger partial charge in [-0.3, -0.25) is 0 Å². The van der Waals surface area contributed by atoms with Crippen molar-refractivity contribution >= 4 is 43.4 Å². The van der Waals surface area contributed by atoms with Crippen LogP contribution in [0, 0.1) is 0 Å². The van der Waals surface area contributed by atoms with Gasteiger partial charge in [0.1, 0.15) is 0 Å². The highest BCUT2D eigenvalue weighted by Gasteiger charge is 2.56. The predicted octanol–water partition coefficient (Wildman–Crippen LogP) is 12.8. The van der Waals surface area contributed by atoms with E-state index in [1.807, 2.05) is 0 Å². The van der Waals surface area contributed by atoms with Crippen LogP contribution in [-0.2, 0) is 18.4 Å². The van der Waals surface area contributed by atoms with Crippen LogP contribution in [-0.4, -0.2) is 41.4 Å². The first kappa shape index (κ1) is 49.2. The van der Waals surface area contributed by atoms with E-state index in [1.54, 1.807) is 0 Å². The Morgan fingerprint density at radius 3 is 1.21 bits per heavy atom. The Kier molecular flexibility index (Phi) is 18.8. The molecular weight excluding hydrogens is 793 g/mol. The van der Waals surface area contributed by atoms with Crippen molar-refractivity contribution in [1.29, 1.82) is 0 Å². The van der Waals surface area contributed by atoms with E-state index in [4.69, 9.17) is 13.6 Å². The Labute approximate surface area is 378 Å². The third kappa shape index (κ3) is 12.7. The molecule has 5 rings (SSSR count). The topological polar surface area (TPSA) is 44.8 Å². The van der Waals surface area contributed by atoms with Crippen LogP contribution in [0.25, 0.3) is 0 Å². The van der Waals surface area contributed by atoms with Crippen LogP contribution >= 0.6 is 0 Å². The summed E-state index contributed by atoms with van der Waals surface area (Å²) in [5, 5.41) is 4.33. The molecule has 0 unspecified atom stereocenters. The number of unbranched alkanes of at least 4 members (excludes halogenated alkanes) is 12. The van der Waals surface area contributed by atoms with Gasteiger partial charge < -0.3 is 13.6 Å². The Bertz CT molecular complexity index is 1760. The molecule has 4 nitrogen and oxygen atoms in total. The maximum Gasteiger partial charge on any atom is 0.334 e. The number of hydrogen-bond donors (Lipinski definition) is 0. The van der Waals surface area contributed by atoms with E-state index in [-0.39, 0.29) is 29.3 Å². The van der Waals surface area contributed by atoms with Gasteiger partial charge in [-0.1, -0.05) is 239 Å². The van der Waals surface area contributed by atoms with Crippen molar-refractivity contribution in [1.82, 2.24) is 0 Å². The van der Waals surface area contributed by atoms with Gasteiger partial charge in [-0.15, -0.1) is 0 Å². The molecule has 0 saturated carbocycles. The molecule has 334 valence electrons. The maximum atomic E-state index is 14.1. The highest BCUT2D eigenvalue weighted by molar-refractivity contribution is 7.00. The van der Waals surface area contributed by atoms with E-state index in [9.17, 15) is 4.79 Å². The van der Waals surface area contributed by atoms with Gasteiger partial charge in [-0.05, 0) is 69.3 Å². The molecule has 1 heterocycles. The zero-order chi connectivity index (χ0) is 44.4. The number of carbonyl (C=O) groups excluding carboxylic acids is 1. The van der Waals surface area contributed by atoms with E-state index < -0.39 is 22.2 Å². The molecule has 62 heavy (non-hydrogen) atoms. The van der Waals surface area contributed by atoms with Crippen LogP contribution in [0.5, 0.6) is 0 Å². The van der Waals surface area contributed by atoms with E-state index >= 15 is 0 Å². The second-order valence-corrected chi connectivity index (χ2v) is 28.4. The fourth-order valence-electron chi connectivity index (χ4n) is 9.57. The minimum Gasteiger partial charge on any atom is -0.451 e. The van der Waals surface area contributed by atoms with Gasteiger partial charge in [-0.25, -0.2) is 4.79 Å². The van der Waals surface area contributed by atoms with Gasteiger partial charge in [-0.2, -0.15) is 0 Å². The van der Waals surface area contributed by atoms with Gasteiger partial charge in [0, 0.05) is 12.0 Å². The van der Waals surface area contributed by atoms with Crippen LogP contribution in [0.4, 0.5) is 0 Å². The first-order chi connectivity index (χ1) is 29.9. The summed E-state index contributed by atoms with van der Waals surface area (Å²) in [6.45, 7) is 16.5. The standard InChI is InChI=1S/C56H78O4Si2/c1-8-9-10-11-12-13-14-15-16-17-18-19-20-21-22-27-36-48-45-56(60-53(48)57,46-58-61(54(2,3)4,49-37-28-23-29-38-49)50-39-30-24-31-40-50)47-59-62(55(5,6)7,51-41-32-25-33-42-51)52-43-34-26-35-44-52/h15-16,23-26,28-44H,8-14,17-22,27,45-47H2,1-7H3/b16-15-,48-36+. The normalized spacial score (nSPS) is 15.4. The van der Waals surface area contributed by atoms with Crippen LogP contribution < -0.4 is 20.7 Å². The summed E-state index contributed by atoms with van der Waals surface area (Å²) in [6, 6.07) is 42.9. The molecule has 0 bridgehead atoms. The Balaban J connectivity index is 1.36. The van der Waals surface area contributed by atoms with Crippen molar-refractivity contribution in [2.24, 2.45) is 0 Å². The minimum absolute atomic E-state index is 0.231. The first-order valence-corrected chi connectivity index (χ1v) is 27.8. The van der Waals surface area contributed by atoms with Crippen molar-refractivity contribution in [2.45, 2.75) is 160 Å². The van der Waals surface area contributed by atoms with Gasteiger partial charge in [0.05, 0.1) is 13.2 Å². The van der Waals surface area contributed by atoms with Gasteiger partial charge >= 0.3 is 5.97 Å². The van der Waals surface area contributed by atoms with Crippen molar-refractivity contribution < 1.29 is 18.4 Å². The smallest absolute Gasteiger partial charge is 0.334 e. The van der Waals surface area contributed by atoms with E-state index in [0.717, 1.165) is 18.4 Å². The minimum atomic E-state index is -2.97. The number of benzene rings is 4. The molecule has 4 aromatic rings. The maximum absolute atomic E-state index is 14.1. The molecule has 1 aliphatic heterocycles. The molecule has 0 amide bonds. The third-order valence-electron chi connectivity index (χ3n) is 12.9. The first-order valence-electron chi connectivity index (χ1n) is 24.0. The molecule has 1 aliphatic rings. The van der Waals surface area contributed by atoms with E-state index in [0.29, 0.717) is 6.42 Å². The molecule has 0 spiro atoms. The van der Waals surface area contributed by atoms with Crippen LogP contribution in [0.15, 0.2) is 145 Å². The zero-order valence-corrected chi connectivity index (χ0v) is 41.4. The lowest BCUT2D eigenvalue weighted by atomic mass is 9.98. The molecule has 0 aliphatic carbocycles. The Morgan fingerprint density at radius 1 is 0.516 bits per heavy atom. The highest BCUT2D eigenvalue weighted by Crippen LogP contribution is 2.42. The fourth-order valence-corrected chi connectivity index (χ4v) is 18.8. The number of hydrogen-bond acceptors (Lipinski definition) is 4.